The SMILES string of the molecule is Cc1cc(N)c(Cl)cc1N1CCCC1C(N)=O. The van der Waals surface area contributed by atoms with E-state index in [2.05, 4.69) is 0 Å². The Morgan fingerprint density at radius 2 is 2.24 bits per heavy atom. The molecule has 0 bridgehead atoms. The van der Waals surface area contributed by atoms with E-state index in [0.717, 1.165) is 30.6 Å². The Morgan fingerprint density at radius 1 is 1.53 bits per heavy atom. The number of benzene rings is 1. The van der Waals surface area contributed by atoms with Crippen LogP contribution in [0.15, 0.2) is 12.1 Å². The van der Waals surface area contributed by atoms with E-state index in [-0.39, 0.29) is 11.9 Å². The van der Waals surface area contributed by atoms with E-state index in [1.807, 2.05) is 24.0 Å². The van der Waals surface area contributed by atoms with Crippen molar-refractivity contribution in [3.05, 3.63) is 22.7 Å². The van der Waals surface area contributed by atoms with Gasteiger partial charge in [-0.3, -0.25) is 4.79 Å². The third kappa shape index (κ3) is 2.17. The zero-order chi connectivity index (χ0) is 12.6. The molecule has 1 aliphatic rings. The van der Waals surface area contributed by atoms with Crippen LogP contribution >= 0.6 is 11.6 Å². The fourth-order valence-corrected chi connectivity index (χ4v) is 2.51. The van der Waals surface area contributed by atoms with E-state index < -0.39 is 0 Å². The van der Waals surface area contributed by atoms with Crippen molar-refractivity contribution in [1.82, 2.24) is 0 Å². The summed E-state index contributed by atoms with van der Waals surface area (Å²) in [5.41, 5.74) is 13.7. The number of nitrogens with two attached hydrogens (primary N) is 2. The summed E-state index contributed by atoms with van der Waals surface area (Å²) in [6, 6.07) is 3.41. The molecule has 1 fully saturated rings. The number of carbonyl (C=O) groups excluding carboxylic acids is 1. The maximum Gasteiger partial charge on any atom is 0.240 e. The molecule has 2 rings (SSSR count). The van der Waals surface area contributed by atoms with Gasteiger partial charge in [-0.25, -0.2) is 0 Å². The molecule has 4 N–H and O–H groups in total. The quantitative estimate of drug-likeness (QED) is 0.788. The van der Waals surface area contributed by atoms with Gasteiger partial charge >= 0.3 is 0 Å². The van der Waals surface area contributed by atoms with Crippen LogP contribution in [0.1, 0.15) is 18.4 Å². The van der Waals surface area contributed by atoms with Crippen LogP contribution in [0.2, 0.25) is 5.02 Å². The predicted molar refractivity (Wildman–Crippen MR) is 70.2 cm³/mol. The summed E-state index contributed by atoms with van der Waals surface area (Å²) in [7, 11) is 0. The summed E-state index contributed by atoms with van der Waals surface area (Å²) in [4.78, 5) is 13.4. The first-order valence-electron chi connectivity index (χ1n) is 5.62. The van der Waals surface area contributed by atoms with Crippen molar-refractivity contribution in [2.75, 3.05) is 17.2 Å². The molecule has 5 heteroatoms. The summed E-state index contributed by atoms with van der Waals surface area (Å²) >= 11 is 6.02. The highest BCUT2D eigenvalue weighted by Crippen LogP contribution is 2.33. The standard InChI is InChI=1S/C12H16ClN3O/c1-7-5-9(14)8(13)6-11(7)16-4-2-3-10(16)12(15)17/h5-6,10H,2-4,14H2,1H3,(H2,15,17). The average Bonchev–Trinajstić information content (AvgIpc) is 2.72. The smallest absolute Gasteiger partial charge is 0.240 e. The Kier molecular flexibility index (Phi) is 3.15. The first-order valence-corrected chi connectivity index (χ1v) is 6.00. The molecule has 4 nitrogen and oxygen atoms in total. The highest BCUT2D eigenvalue weighted by molar-refractivity contribution is 6.33. The number of aryl methyl sites for hydroxylation is 1. The van der Waals surface area contributed by atoms with Gasteiger partial charge in [0.25, 0.3) is 0 Å². The van der Waals surface area contributed by atoms with Gasteiger partial charge in [0.05, 0.1) is 10.7 Å². The Labute approximate surface area is 106 Å². The van der Waals surface area contributed by atoms with Gasteiger partial charge in [-0.05, 0) is 37.5 Å². The van der Waals surface area contributed by atoms with Crippen molar-refractivity contribution in [1.29, 1.82) is 0 Å². The van der Waals surface area contributed by atoms with Crippen LogP contribution in [0, 0.1) is 6.92 Å². The van der Waals surface area contributed by atoms with Crippen molar-refractivity contribution in [2.45, 2.75) is 25.8 Å². The second-order valence-corrected chi connectivity index (χ2v) is 4.82. The third-order valence-electron chi connectivity index (χ3n) is 3.21. The molecule has 1 saturated heterocycles. The molecule has 1 aromatic rings. The van der Waals surface area contributed by atoms with Crippen LogP contribution in [-0.2, 0) is 4.79 Å². The number of amides is 1. The molecule has 1 aliphatic heterocycles. The minimum absolute atomic E-state index is 0.228. The van der Waals surface area contributed by atoms with E-state index >= 15 is 0 Å². The average molecular weight is 254 g/mol. The molecular formula is C12H16ClN3O. The second kappa shape index (κ2) is 4.45. The molecule has 0 radical (unpaired) electrons. The van der Waals surface area contributed by atoms with Gasteiger partial charge in [0.2, 0.25) is 5.91 Å². The molecule has 0 spiro atoms. The molecular weight excluding hydrogens is 238 g/mol. The third-order valence-corrected chi connectivity index (χ3v) is 3.53. The molecule has 92 valence electrons. The van der Waals surface area contributed by atoms with Crippen molar-refractivity contribution in [3.63, 3.8) is 0 Å². The lowest BCUT2D eigenvalue weighted by Crippen LogP contribution is -2.40. The molecule has 1 amide bonds. The van der Waals surface area contributed by atoms with Crippen molar-refractivity contribution >= 4 is 28.9 Å². The first-order chi connectivity index (χ1) is 8.00. The molecule has 1 heterocycles. The van der Waals surface area contributed by atoms with Gasteiger partial charge in [-0.2, -0.15) is 0 Å². The molecule has 0 saturated carbocycles. The molecule has 0 aromatic heterocycles. The Hall–Kier alpha value is -1.42. The molecule has 1 unspecified atom stereocenters. The Balaban J connectivity index is 2.40. The van der Waals surface area contributed by atoms with Crippen molar-refractivity contribution in [2.24, 2.45) is 5.73 Å². The second-order valence-electron chi connectivity index (χ2n) is 4.41. The van der Waals surface area contributed by atoms with Crippen molar-refractivity contribution in [3.8, 4) is 0 Å². The van der Waals surface area contributed by atoms with Gasteiger partial charge in [-0.15, -0.1) is 0 Å². The normalized spacial score (nSPS) is 19.6. The van der Waals surface area contributed by atoms with E-state index in [0.29, 0.717) is 10.7 Å². The monoisotopic (exact) mass is 253 g/mol. The van der Waals surface area contributed by atoms with Gasteiger partial charge in [0, 0.05) is 12.2 Å². The lowest BCUT2D eigenvalue weighted by atomic mass is 10.1. The summed E-state index contributed by atoms with van der Waals surface area (Å²) in [5.74, 6) is -0.283. The van der Waals surface area contributed by atoms with Crippen molar-refractivity contribution < 1.29 is 4.79 Å². The first kappa shape index (κ1) is 12.0. The zero-order valence-electron chi connectivity index (χ0n) is 9.74. The number of carbonyl (C=O) groups is 1. The summed E-state index contributed by atoms with van der Waals surface area (Å²) in [6.45, 7) is 2.78. The van der Waals surface area contributed by atoms with Gasteiger partial charge in [0.1, 0.15) is 6.04 Å². The van der Waals surface area contributed by atoms with Gasteiger partial charge in [-0.1, -0.05) is 11.6 Å². The Morgan fingerprint density at radius 3 is 2.88 bits per heavy atom. The van der Waals surface area contributed by atoms with Crippen LogP contribution in [0.3, 0.4) is 0 Å². The maximum atomic E-state index is 11.4. The van der Waals surface area contributed by atoms with Crippen LogP contribution in [-0.4, -0.2) is 18.5 Å². The van der Waals surface area contributed by atoms with Crippen LogP contribution in [0.5, 0.6) is 0 Å². The van der Waals surface area contributed by atoms with E-state index in [1.54, 1.807) is 0 Å². The van der Waals surface area contributed by atoms with Crippen LogP contribution < -0.4 is 16.4 Å². The van der Waals surface area contributed by atoms with E-state index in [1.165, 1.54) is 0 Å². The lowest BCUT2D eigenvalue weighted by Gasteiger charge is -2.26. The molecule has 1 aromatic carbocycles. The zero-order valence-corrected chi connectivity index (χ0v) is 10.5. The number of nitrogens with zero attached hydrogens (tertiary/aromatic N) is 1. The molecule has 17 heavy (non-hydrogen) atoms. The minimum atomic E-state index is -0.283. The number of nitrogen functional groups attached to an aromatic ring is 1. The summed E-state index contributed by atoms with van der Waals surface area (Å²) < 4.78 is 0. The summed E-state index contributed by atoms with van der Waals surface area (Å²) in [6.07, 6.45) is 1.77. The fraction of sp³-hybridized carbons (Fsp3) is 0.417. The largest absolute Gasteiger partial charge is 0.398 e. The highest BCUT2D eigenvalue weighted by Gasteiger charge is 2.30. The maximum absolute atomic E-state index is 11.4. The van der Waals surface area contributed by atoms with Gasteiger partial charge < -0.3 is 16.4 Å². The number of hydrogen-bond acceptors (Lipinski definition) is 3. The summed E-state index contributed by atoms with van der Waals surface area (Å²) in [5, 5.41) is 0.515. The van der Waals surface area contributed by atoms with E-state index in [4.69, 9.17) is 23.1 Å². The Bertz CT molecular complexity index is 461. The number of primary amides is 1. The fourth-order valence-electron chi connectivity index (χ4n) is 2.35. The number of halogens is 1. The highest BCUT2D eigenvalue weighted by atomic mass is 35.5. The van der Waals surface area contributed by atoms with Gasteiger partial charge in [0.15, 0.2) is 0 Å². The number of anilines is 2. The predicted octanol–water partition coefficient (Wildman–Crippen LogP) is 1.68. The van der Waals surface area contributed by atoms with Crippen LogP contribution in [0.4, 0.5) is 11.4 Å². The molecule has 1 atom stereocenters. The number of hydrogen-bond donors (Lipinski definition) is 2. The van der Waals surface area contributed by atoms with E-state index in [9.17, 15) is 4.79 Å². The van der Waals surface area contributed by atoms with Crippen LogP contribution in [0.25, 0.3) is 0 Å². The minimum Gasteiger partial charge on any atom is -0.398 e. The molecule has 0 aliphatic carbocycles. The number of rotatable bonds is 2. The lowest BCUT2D eigenvalue weighted by molar-refractivity contribution is -0.119. The topological polar surface area (TPSA) is 72.3 Å².